The molecule has 1 N–H and O–H groups in total. The molecular weight excluding hydrogens is 392 g/mol. The third kappa shape index (κ3) is 4.36. The molecule has 4 rings (SSSR count). The third-order valence-corrected chi connectivity index (χ3v) is 5.13. The molecule has 0 saturated heterocycles. The number of hydrogen-bond acceptors (Lipinski definition) is 6. The first-order chi connectivity index (χ1) is 15.2. The Morgan fingerprint density at radius 2 is 1.90 bits per heavy atom. The maximum atomic E-state index is 13.1. The normalized spacial score (nSPS) is 11.7. The maximum Gasteiger partial charge on any atom is 0.262 e. The summed E-state index contributed by atoms with van der Waals surface area (Å²) in [5, 5.41) is 6.00. The predicted molar refractivity (Wildman–Crippen MR) is 124 cm³/mol. The Balaban J connectivity index is 1.67. The second kappa shape index (κ2) is 9.57. The smallest absolute Gasteiger partial charge is 0.262 e. The van der Waals surface area contributed by atoms with Crippen molar-refractivity contribution in [1.29, 1.82) is 0 Å². The number of nitrogens with zero attached hydrogens (tertiary/aromatic N) is 3. The summed E-state index contributed by atoms with van der Waals surface area (Å²) in [5.41, 5.74) is 5.28. The fourth-order valence-electron chi connectivity index (χ4n) is 3.60. The Labute approximate surface area is 180 Å². The van der Waals surface area contributed by atoms with E-state index in [2.05, 4.69) is 15.5 Å². The molecule has 4 aromatic rings. The molecule has 2 aromatic heterocycles. The minimum absolute atomic E-state index is 0.0946. The molecule has 2 heterocycles. The molecule has 7 heteroatoms. The first kappa shape index (κ1) is 20.8. The van der Waals surface area contributed by atoms with Crippen LogP contribution in [0.3, 0.4) is 0 Å². The monoisotopic (exact) mass is 418 g/mol. The average molecular weight is 418 g/mol. The lowest BCUT2D eigenvalue weighted by atomic mass is 10.1. The fraction of sp³-hybridized carbons (Fsp3) is 0.292. The van der Waals surface area contributed by atoms with Crippen molar-refractivity contribution in [3.05, 3.63) is 70.2 Å². The topological polar surface area (TPSA) is 81.7 Å². The zero-order chi connectivity index (χ0) is 21.6. The second-order valence-electron chi connectivity index (χ2n) is 7.12. The SMILES string of the molecule is CCOCCCn1c(N/N=C\c2c(CC)oc3ccccc23)nc2ccccc2c1=O. The molecule has 0 atom stereocenters. The highest BCUT2D eigenvalue weighted by Crippen LogP contribution is 2.24. The van der Waals surface area contributed by atoms with E-state index in [1.165, 1.54) is 0 Å². The van der Waals surface area contributed by atoms with Crippen molar-refractivity contribution in [2.75, 3.05) is 18.6 Å². The number of nitrogens with one attached hydrogen (secondary N) is 1. The summed E-state index contributed by atoms with van der Waals surface area (Å²) >= 11 is 0. The summed E-state index contributed by atoms with van der Waals surface area (Å²) in [6.45, 7) is 5.72. The van der Waals surface area contributed by atoms with E-state index in [1.807, 2.05) is 56.3 Å². The Hall–Kier alpha value is -3.45. The summed E-state index contributed by atoms with van der Waals surface area (Å²) in [7, 11) is 0. The minimum Gasteiger partial charge on any atom is -0.460 e. The minimum atomic E-state index is -0.0946. The van der Waals surface area contributed by atoms with Crippen LogP contribution in [0.5, 0.6) is 0 Å². The Morgan fingerprint density at radius 3 is 2.71 bits per heavy atom. The molecule has 0 aliphatic carbocycles. The van der Waals surface area contributed by atoms with Gasteiger partial charge >= 0.3 is 0 Å². The van der Waals surface area contributed by atoms with Crippen molar-refractivity contribution in [3.63, 3.8) is 0 Å². The van der Waals surface area contributed by atoms with Crippen molar-refractivity contribution in [2.45, 2.75) is 33.2 Å². The highest BCUT2D eigenvalue weighted by atomic mass is 16.5. The van der Waals surface area contributed by atoms with Crippen LogP contribution >= 0.6 is 0 Å². The molecular formula is C24H26N4O3. The molecule has 0 radical (unpaired) electrons. The van der Waals surface area contributed by atoms with Gasteiger partial charge in [-0.05, 0) is 31.5 Å². The molecule has 0 bridgehead atoms. The molecule has 0 unspecified atom stereocenters. The van der Waals surface area contributed by atoms with Crippen molar-refractivity contribution >= 4 is 34.0 Å². The molecule has 0 amide bonds. The van der Waals surface area contributed by atoms with Gasteiger partial charge in [-0.15, -0.1) is 0 Å². The van der Waals surface area contributed by atoms with Gasteiger partial charge in [-0.3, -0.25) is 9.36 Å². The molecule has 0 fully saturated rings. The van der Waals surface area contributed by atoms with Gasteiger partial charge in [-0.25, -0.2) is 10.4 Å². The standard InChI is InChI=1S/C24H26N4O3/c1-3-21-19(17-10-6-8-13-22(17)31-21)16-25-27-24-26-20-12-7-5-11-18(20)23(29)28(24)14-9-15-30-4-2/h5-8,10-13,16H,3-4,9,14-15H2,1-2H3,(H,26,27)/b25-16-. The first-order valence-electron chi connectivity index (χ1n) is 10.6. The molecule has 160 valence electrons. The Kier molecular flexibility index (Phi) is 6.43. The third-order valence-electron chi connectivity index (χ3n) is 5.13. The number of rotatable bonds is 9. The lowest BCUT2D eigenvalue weighted by molar-refractivity contribution is 0.141. The van der Waals surface area contributed by atoms with Crippen LogP contribution in [0.25, 0.3) is 21.9 Å². The van der Waals surface area contributed by atoms with Crippen molar-refractivity contribution in [1.82, 2.24) is 9.55 Å². The van der Waals surface area contributed by atoms with Crippen LogP contribution in [0, 0.1) is 0 Å². The van der Waals surface area contributed by atoms with Gasteiger partial charge in [0.05, 0.1) is 17.1 Å². The molecule has 0 spiro atoms. The molecule has 0 saturated carbocycles. The van der Waals surface area contributed by atoms with Gasteiger partial charge in [-0.1, -0.05) is 37.3 Å². The second-order valence-corrected chi connectivity index (χ2v) is 7.12. The lowest BCUT2D eigenvalue weighted by Crippen LogP contribution is -2.25. The van der Waals surface area contributed by atoms with Crippen LogP contribution in [0.15, 0.2) is 62.8 Å². The van der Waals surface area contributed by atoms with E-state index in [9.17, 15) is 4.79 Å². The summed E-state index contributed by atoms with van der Waals surface area (Å²) in [5.74, 6) is 1.27. The number of anilines is 1. The maximum absolute atomic E-state index is 13.1. The highest BCUT2D eigenvalue weighted by Gasteiger charge is 2.12. The molecule has 31 heavy (non-hydrogen) atoms. The quantitative estimate of drug-likeness (QED) is 0.244. The largest absolute Gasteiger partial charge is 0.460 e. The van der Waals surface area contributed by atoms with Gasteiger partial charge in [0.1, 0.15) is 11.3 Å². The zero-order valence-electron chi connectivity index (χ0n) is 17.8. The highest BCUT2D eigenvalue weighted by molar-refractivity contribution is 5.99. The molecule has 7 nitrogen and oxygen atoms in total. The number of hydrazone groups is 1. The summed E-state index contributed by atoms with van der Waals surface area (Å²) < 4.78 is 13.0. The summed E-state index contributed by atoms with van der Waals surface area (Å²) in [6, 6.07) is 15.2. The van der Waals surface area contributed by atoms with Gasteiger partial charge in [0, 0.05) is 37.1 Å². The van der Waals surface area contributed by atoms with Gasteiger partial charge < -0.3 is 9.15 Å². The fourth-order valence-corrected chi connectivity index (χ4v) is 3.60. The average Bonchev–Trinajstić information content (AvgIpc) is 3.16. The van der Waals surface area contributed by atoms with Crippen LogP contribution in [0.4, 0.5) is 5.95 Å². The number of hydrogen-bond donors (Lipinski definition) is 1. The summed E-state index contributed by atoms with van der Waals surface area (Å²) in [6.07, 6.45) is 3.20. The number of benzene rings is 2. The van der Waals surface area contributed by atoms with Gasteiger partial charge in [0.25, 0.3) is 5.56 Å². The Bertz CT molecular complexity index is 1270. The Morgan fingerprint density at radius 1 is 1.13 bits per heavy atom. The number of aryl methyl sites for hydroxylation is 1. The van der Waals surface area contributed by atoms with Crippen LogP contribution in [-0.4, -0.2) is 29.0 Å². The molecule has 0 aliphatic rings. The lowest BCUT2D eigenvalue weighted by Gasteiger charge is -2.12. The van der Waals surface area contributed by atoms with Gasteiger partial charge in [0.2, 0.25) is 5.95 Å². The van der Waals surface area contributed by atoms with Crippen molar-refractivity contribution in [2.24, 2.45) is 5.10 Å². The number of ether oxygens (including phenoxy) is 1. The van der Waals surface area contributed by atoms with E-state index in [0.29, 0.717) is 43.0 Å². The van der Waals surface area contributed by atoms with Crippen molar-refractivity contribution < 1.29 is 9.15 Å². The number of fused-ring (bicyclic) bond motifs is 2. The molecule has 2 aromatic carbocycles. The number of para-hydroxylation sites is 2. The van der Waals surface area contributed by atoms with Gasteiger partial charge in [-0.2, -0.15) is 5.10 Å². The number of aromatic nitrogens is 2. The van der Waals surface area contributed by atoms with Crippen LogP contribution in [0.1, 0.15) is 31.6 Å². The van der Waals surface area contributed by atoms with Gasteiger partial charge in [0.15, 0.2) is 0 Å². The van der Waals surface area contributed by atoms with E-state index in [4.69, 9.17) is 9.15 Å². The van der Waals surface area contributed by atoms with E-state index < -0.39 is 0 Å². The molecule has 0 aliphatic heterocycles. The van der Waals surface area contributed by atoms with E-state index in [1.54, 1.807) is 16.8 Å². The first-order valence-corrected chi connectivity index (χ1v) is 10.6. The van der Waals surface area contributed by atoms with Crippen molar-refractivity contribution in [3.8, 4) is 0 Å². The van der Waals surface area contributed by atoms with Crippen LogP contribution < -0.4 is 11.0 Å². The van der Waals surface area contributed by atoms with Crippen LogP contribution in [0.2, 0.25) is 0 Å². The summed E-state index contributed by atoms with van der Waals surface area (Å²) in [4.78, 5) is 17.7. The zero-order valence-corrected chi connectivity index (χ0v) is 17.8. The van der Waals surface area contributed by atoms with Crippen LogP contribution in [-0.2, 0) is 17.7 Å². The number of furan rings is 1. The predicted octanol–water partition coefficient (Wildman–Crippen LogP) is 4.58. The van der Waals surface area contributed by atoms with E-state index >= 15 is 0 Å². The van der Waals surface area contributed by atoms with E-state index in [-0.39, 0.29) is 5.56 Å². The van der Waals surface area contributed by atoms with E-state index in [0.717, 1.165) is 28.7 Å².